The van der Waals surface area contributed by atoms with Crippen LogP contribution in [-0.4, -0.2) is 5.11 Å². The molecule has 0 aliphatic carbocycles. The summed E-state index contributed by atoms with van der Waals surface area (Å²) in [6.07, 6.45) is 0.617. The van der Waals surface area contributed by atoms with Gasteiger partial charge in [-0.1, -0.05) is 34.1 Å². The van der Waals surface area contributed by atoms with E-state index in [0.29, 0.717) is 6.42 Å². The molecule has 0 aliphatic rings. The summed E-state index contributed by atoms with van der Waals surface area (Å²) in [5.74, 6) is 0. The van der Waals surface area contributed by atoms with Crippen LogP contribution in [0.4, 0.5) is 0 Å². The van der Waals surface area contributed by atoms with Crippen LogP contribution in [0, 0.1) is 0 Å². The van der Waals surface area contributed by atoms with Crippen molar-refractivity contribution >= 4 is 43.2 Å². The number of rotatable bonds is 3. The van der Waals surface area contributed by atoms with Gasteiger partial charge in [-0.2, -0.15) is 0 Å². The topological polar surface area (TPSA) is 20.2 Å². The zero-order valence-corrected chi connectivity index (χ0v) is 13.3. The van der Waals surface area contributed by atoms with Crippen molar-refractivity contribution < 1.29 is 5.11 Å². The summed E-state index contributed by atoms with van der Waals surface area (Å²) >= 11 is 8.57. The highest BCUT2D eigenvalue weighted by Crippen LogP contribution is 2.33. The van der Waals surface area contributed by atoms with Crippen molar-refractivity contribution in [1.82, 2.24) is 0 Å². The van der Waals surface area contributed by atoms with Crippen LogP contribution in [0.5, 0.6) is 0 Å². The van der Waals surface area contributed by atoms with E-state index in [1.165, 1.54) is 0 Å². The Morgan fingerprint density at radius 1 is 1.29 bits per heavy atom. The van der Waals surface area contributed by atoms with E-state index in [9.17, 15) is 5.11 Å². The minimum absolute atomic E-state index is 0.617. The van der Waals surface area contributed by atoms with Gasteiger partial charge in [0.25, 0.3) is 0 Å². The number of benzene rings is 1. The summed E-state index contributed by atoms with van der Waals surface area (Å²) < 4.78 is 2.01. The summed E-state index contributed by atoms with van der Waals surface area (Å²) in [5.41, 5.74) is 0.0641. The lowest BCUT2D eigenvalue weighted by molar-refractivity contribution is 0.0577. The second-order valence-electron chi connectivity index (χ2n) is 4.16. The predicted molar refractivity (Wildman–Crippen MR) is 79.4 cm³/mol. The van der Waals surface area contributed by atoms with E-state index < -0.39 is 5.60 Å². The Morgan fingerprint density at radius 3 is 2.59 bits per heavy atom. The Morgan fingerprint density at radius 2 is 2.00 bits per heavy atom. The van der Waals surface area contributed by atoms with Crippen LogP contribution in [0.2, 0.25) is 0 Å². The molecule has 4 heteroatoms. The van der Waals surface area contributed by atoms with Gasteiger partial charge < -0.3 is 5.11 Å². The Kier molecular flexibility index (Phi) is 4.08. The maximum atomic E-state index is 10.6. The van der Waals surface area contributed by atoms with Crippen LogP contribution >= 0.6 is 43.2 Å². The maximum absolute atomic E-state index is 10.6. The fraction of sp³-hybridized carbons (Fsp3) is 0.231. The molecule has 0 fully saturated rings. The normalized spacial score (nSPS) is 14.6. The van der Waals surface area contributed by atoms with Crippen LogP contribution in [0.15, 0.2) is 44.7 Å². The molecular formula is C13H12Br2OS. The third kappa shape index (κ3) is 3.19. The first kappa shape index (κ1) is 13.3. The second-order valence-corrected chi connectivity index (χ2v) is 6.93. The molecule has 0 radical (unpaired) electrons. The van der Waals surface area contributed by atoms with Gasteiger partial charge in [-0.05, 0) is 40.5 Å². The Hall–Kier alpha value is -0.160. The molecule has 0 amide bonds. The number of aliphatic hydroxyl groups is 1. The lowest BCUT2D eigenvalue weighted by Gasteiger charge is -2.24. The highest BCUT2D eigenvalue weighted by atomic mass is 79.9. The van der Waals surface area contributed by atoms with Crippen molar-refractivity contribution in [2.24, 2.45) is 0 Å². The zero-order valence-electron chi connectivity index (χ0n) is 9.28. The van der Waals surface area contributed by atoms with Gasteiger partial charge in [-0.3, -0.25) is 0 Å². The standard InChI is InChI=1S/C13H12Br2OS/c1-13(16,7-10-6-9(14)8-17-10)11-4-2-3-5-12(11)15/h2-6,8,16H,7H2,1H3. The highest BCUT2D eigenvalue weighted by molar-refractivity contribution is 9.10. The van der Waals surface area contributed by atoms with Gasteiger partial charge in [0, 0.05) is 25.6 Å². The smallest absolute Gasteiger partial charge is 0.0927 e. The summed E-state index contributed by atoms with van der Waals surface area (Å²) in [6, 6.07) is 9.85. The summed E-state index contributed by atoms with van der Waals surface area (Å²) in [4.78, 5) is 1.16. The molecule has 1 unspecified atom stereocenters. The lowest BCUT2D eigenvalue weighted by Crippen LogP contribution is -2.24. The number of hydrogen-bond acceptors (Lipinski definition) is 2. The quantitative estimate of drug-likeness (QED) is 0.822. The highest BCUT2D eigenvalue weighted by Gasteiger charge is 2.26. The molecule has 1 aromatic carbocycles. The van der Waals surface area contributed by atoms with Crippen LogP contribution in [0.1, 0.15) is 17.4 Å². The third-order valence-corrected chi connectivity index (χ3v) is 4.98. The molecule has 1 aromatic heterocycles. The first-order valence-corrected chi connectivity index (χ1v) is 7.66. The fourth-order valence-corrected chi connectivity index (χ4v) is 4.09. The molecule has 2 rings (SSSR count). The predicted octanol–water partition coefficient (Wildman–Crippen LogP) is 4.72. The molecular weight excluding hydrogens is 364 g/mol. The van der Waals surface area contributed by atoms with Crippen LogP contribution in [0.25, 0.3) is 0 Å². The SMILES string of the molecule is CC(O)(Cc1cc(Br)cs1)c1ccccc1Br. The molecule has 0 saturated heterocycles. The molecule has 2 aromatic rings. The van der Waals surface area contributed by atoms with Crippen molar-refractivity contribution in [3.05, 3.63) is 55.1 Å². The number of halogens is 2. The average molecular weight is 376 g/mol. The monoisotopic (exact) mass is 374 g/mol. The molecule has 1 nitrogen and oxygen atoms in total. The summed E-state index contributed by atoms with van der Waals surface area (Å²) in [5, 5.41) is 12.6. The molecule has 1 atom stereocenters. The molecule has 0 aliphatic heterocycles. The minimum Gasteiger partial charge on any atom is -0.385 e. The van der Waals surface area contributed by atoms with E-state index >= 15 is 0 Å². The lowest BCUT2D eigenvalue weighted by atomic mass is 9.92. The molecule has 0 bridgehead atoms. The van der Waals surface area contributed by atoms with E-state index in [1.807, 2.05) is 36.6 Å². The zero-order chi connectivity index (χ0) is 12.5. The summed E-state index contributed by atoms with van der Waals surface area (Å²) in [7, 11) is 0. The molecule has 17 heavy (non-hydrogen) atoms. The van der Waals surface area contributed by atoms with E-state index in [1.54, 1.807) is 11.3 Å². The van der Waals surface area contributed by atoms with E-state index in [-0.39, 0.29) is 0 Å². The second kappa shape index (κ2) is 5.22. The Balaban J connectivity index is 2.27. The van der Waals surface area contributed by atoms with Crippen molar-refractivity contribution in [3.8, 4) is 0 Å². The van der Waals surface area contributed by atoms with Crippen molar-refractivity contribution in [2.45, 2.75) is 18.9 Å². The van der Waals surface area contributed by atoms with Gasteiger partial charge in [-0.15, -0.1) is 11.3 Å². The average Bonchev–Trinajstić information content (AvgIpc) is 2.63. The van der Waals surface area contributed by atoms with Crippen molar-refractivity contribution in [1.29, 1.82) is 0 Å². The molecule has 90 valence electrons. The molecule has 1 N–H and O–H groups in total. The van der Waals surface area contributed by atoms with Crippen LogP contribution < -0.4 is 0 Å². The molecule has 0 saturated carbocycles. The van der Waals surface area contributed by atoms with Crippen LogP contribution in [-0.2, 0) is 12.0 Å². The van der Waals surface area contributed by atoms with Gasteiger partial charge in [0.1, 0.15) is 0 Å². The van der Waals surface area contributed by atoms with E-state index in [2.05, 4.69) is 37.9 Å². The van der Waals surface area contributed by atoms with Gasteiger partial charge in [0.2, 0.25) is 0 Å². The van der Waals surface area contributed by atoms with Gasteiger partial charge >= 0.3 is 0 Å². The first-order valence-electron chi connectivity index (χ1n) is 5.19. The summed E-state index contributed by atoms with van der Waals surface area (Å²) in [6.45, 7) is 1.85. The maximum Gasteiger partial charge on any atom is 0.0927 e. The van der Waals surface area contributed by atoms with E-state index in [4.69, 9.17) is 0 Å². The fourth-order valence-electron chi connectivity index (χ4n) is 1.78. The minimum atomic E-state index is -0.857. The Labute approximate surface area is 122 Å². The third-order valence-electron chi connectivity index (χ3n) is 2.59. The van der Waals surface area contributed by atoms with Gasteiger partial charge in [-0.25, -0.2) is 0 Å². The van der Waals surface area contributed by atoms with Crippen molar-refractivity contribution in [3.63, 3.8) is 0 Å². The van der Waals surface area contributed by atoms with Crippen LogP contribution in [0.3, 0.4) is 0 Å². The largest absolute Gasteiger partial charge is 0.385 e. The van der Waals surface area contributed by atoms with E-state index in [0.717, 1.165) is 19.4 Å². The van der Waals surface area contributed by atoms with Gasteiger partial charge in [0.15, 0.2) is 0 Å². The van der Waals surface area contributed by atoms with Crippen molar-refractivity contribution in [2.75, 3.05) is 0 Å². The molecule has 1 heterocycles. The first-order chi connectivity index (χ1) is 7.99. The van der Waals surface area contributed by atoms with Gasteiger partial charge in [0.05, 0.1) is 5.60 Å². The Bertz CT molecular complexity index is 520. The molecule has 0 spiro atoms. The number of hydrogen-bond donors (Lipinski definition) is 1. The number of thiophene rings is 1.